The van der Waals surface area contributed by atoms with E-state index in [4.69, 9.17) is 5.73 Å². The number of halogens is 3. The van der Waals surface area contributed by atoms with Crippen LogP contribution in [0.2, 0.25) is 0 Å². The molecule has 21 heavy (non-hydrogen) atoms. The van der Waals surface area contributed by atoms with Crippen molar-refractivity contribution in [3.63, 3.8) is 0 Å². The minimum Gasteiger partial charge on any atom is -0.399 e. The summed E-state index contributed by atoms with van der Waals surface area (Å²) in [5.74, 6) is 0. The van der Waals surface area contributed by atoms with Gasteiger partial charge in [0.1, 0.15) is 0 Å². The lowest BCUT2D eigenvalue weighted by molar-refractivity contribution is -0.138. The number of aryl methyl sites for hydroxylation is 1. The van der Waals surface area contributed by atoms with E-state index in [1.165, 1.54) is 12.1 Å². The van der Waals surface area contributed by atoms with Crippen molar-refractivity contribution >= 4 is 5.69 Å². The fourth-order valence-electron chi connectivity index (χ4n) is 2.21. The highest BCUT2D eigenvalue weighted by molar-refractivity contribution is 5.46. The third-order valence-corrected chi connectivity index (χ3v) is 3.09. The molecule has 1 aromatic heterocycles. The summed E-state index contributed by atoms with van der Waals surface area (Å²) in [6.45, 7) is 0.708. The Bertz CT molecular complexity index is 619. The van der Waals surface area contributed by atoms with Crippen LogP contribution < -0.4 is 5.73 Å². The molecule has 1 aromatic carbocycles. The lowest BCUT2D eigenvalue weighted by Gasteiger charge is -2.19. The van der Waals surface area contributed by atoms with E-state index in [1.807, 2.05) is 6.20 Å². The molecule has 0 saturated heterocycles. The zero-order valence-corrected chi connectivity index (χ0v) is 11.9. The second-order valence-electron chi connectivity index (χ2n) is 5.11. The number of nitrogens with zero attached hydrogens (tertiary/aromatic N) is 3. The van der Waals surface area contributed by atoms with Crippen LogP contribution in [-0.4, -0.2) is 21.7 Å². The predicted octanol–water partition coefficient (Wildman–Crippen LogP) is 2.65. The number of hydrogen-bond donors (Lipinski definition) is 1. The van der Waals surface area contributed by atoms with Crippen LogP contribution in [0.4, 0.5) is 18.9 Å². The van der Waals surface area contributed by atoms with Crippen molar-refractivity contribution in [3.8, 4) is 0 Å². The maximum Gasteiger partial charge on any atom is 0.416 e. The normalized spacial score (nSPS) is 12.1. The first-order valence-corrected chi connectivity index (χ1v) is 6.37. The van der Waals surface area contributed by atoms with Gasteiger partial charge in [-0.15, -0.1) is 0 Å². The SMILES string of the molecule is CN(Cc1cnn(C)c1)Cc1ccc(N)cc1C(F)(F)F. The number of aromatic nitrogens is 2. The number of hydrogen-bond acceptors (Lipinski definition) is 3. The van der Waals surface area contributed by atoms with E-state index in [2.05, 4.69) is 5.10 Å². The van der Waals surface area contributed by atoms with Gasteiger partial charge in [0.15, 0.2) is 0 Å². The number of nitrogens with two attached hydrogens (primary N) is 1. The largest absolute Gasteiger partial charge is 0.416 e. The zero-order chi connectivity index (χ0) is 15.6. The van der Waals surface area contributed by atoms with E-state index in [0.29, 0.717) is 6.54 Å². The Morgan fingerprint density at radius 1 is 1.29 bits per heavy atom. The molecule has 0 amide bonds. The van der Waals surface area contributed by atoms with E-state index < -0.39 is 11.7 Å². The standard InChI is InChI=1S/C14H17F3N4/c1-20(7-10-6-19-21(2)8-10)9-11-3-4-12(18)5-13(11)14(15,16)17/h3-6,8H,7,9,18H2,1-2H3. The van der Waals surface area contributed by atoms with Crippen LogP contribution in [0.5, 0.6) is 0 Å². The van der Waals surface area contributed by atoms with Crippen molar-refractivity contribution in [3.05, 3.63) is 47.3 Å². The van der Waals surface area contributed by atoms with Crippen LogP contribution >= 0.6 is 0 Å². The van der Waals surface area contributed by atoms with Crippen molar-refractivity contribution in [1.29, 1.82) is 0 Å². The molecule has 0 aliphatic rings. The van der Waals surface area contributed by atoms with Gasteiger partial charge in [-0.1, -0.05) is 6.07 Å². The molecule has 0 unspecified atom stereocenters. The summed E-state index contributed by atoms with van der Waals surface area (Å²) in [6, 6.07) is 3.90. The molecule has 2 N–H and O–H groups in total. The summed E-state index contributed by atoms with van der Waals surface area (Å²) in [7, 11) is 3.56. The van der Waals surface area contributed by atoms with E-state index in [-0.39, 0.29) is 17.8 Å². The van der Waals surface area contributed by atoms with Crippen LogP contribution in [0.1, 0.15) is 16.7 Å². The number of anilines is 1. The monoisotopic (exact) mass is 298 g/mol. The summed E-state index contributed by atoms with van der Waals surface area (Å²) < 4.78 is 40.7. The Labute approximate surface area is 121 Å². The molecule has 0 fully saturated rings. The molecule has 4 nitrogen and oxygen atoms in total. The molecular formula is C14H17F3N4. The van der Waals surface area contributed by atoms with Crippen LogP contribution in [-0.2, 0) is 26.3 Å². The van der Waals surface area contributed by atoms with E-state index in [0.717, 1.165) is 11.6 Å². The summed E-state index contributed by atoms with van der Waals surface area (Å²) in [4.78, 5) is 1.80. The predicted molar refractivity (Wildman–Crippen MR) is 74.2 cm³/mol. The third kappa shape index (κ3) is 3.98. The van der Waals surface area contributed by atoms with Crippen molar-refractivity contribution in [2.45, 2.75) is 19.3 Å². The molecule has 1 heterocycles. The van der Waals surface area contributed by atoms with Gasteiger partial charge in [-0.2, -0.15) is 18.3 Å². The highest BCUT2D eigenvalue weighted by atomic mass is 19.4. The molecule has 2 aromatic rings. The molecular weight excluding hydrogens is 281 g/mol. The topological polar surface area (TPSA) is 47.1 Å². The Balaban J connectivity index is 2.15. The molecule has 0 saturated carbocycles. The zero-order valence-electron chi connectivity index (χ0n) is 11.9. The maximum absolute atomic E-state index is 13.0. The molecule has 0 atom stereocenters. The van der Waals surface area contributed by atoms with Gasteiger partial charge in [-0.05, 0) is 24.7 Å². The van der Waals surface area contributed by atoms with Crippen LogP contribution in [0, 0.1) is 0 Å². The average molecular weight is 298 g/mol. The quantitative estimate of drug-likeness (QED) is 0.883. The summed E-state index contributed by atoms with van der Waals surface area (Å²) >= 11 is 0. The second kappa shape index (κ2) is 5.77. The maximum atomic E-state index is 13.0. The first-order chi connectivity index (χ1) is 9.75. The first kappa shape index (κ1) is 15.4. The molecule has 0 aliphatic carbocycles. The minimum atomic E-state index is -4.40. The van der Waals surface area contributed by atoms with Gasteiger partial charge in [0.05, 0.1) is 11.8 Å². The Morgan fingerprint density at radius 2 is 2.00 bits per heavy atom. The lowest BCUT2D eigenvalue weighted by Crippen LogP contribution is -2.20. The van der Waals surface area contributed by atoms with Gasteiger partial charge in [0, 0.05) is 37.6 Å². The summed E-state index contributed by atoms with van der Waals surface area (Å²) in [6.07, 6.45) is -0.867. The first-order valence-electron chi connectivity index (χ1n) is 6.37. The van der Waals surface area contributed by atoms with Crippen LogP contribution in [0.15, 0.2) is 30.6 Å². The summed E-state index contributed by atoms with van der Waals surface area (Å²) in [5.41, 5.74) is 6.05. The fraction of sp³-hybridized carbons (Fsp3) is 0.357. The number of rotatable bonds is 4. The highest BCUT2D eigenvalue weighted by Gasteiger charge is 2.33. The van der Waals surface area contributed by atoms with Gasteiger partial charge >= 0.3 is 6.18 Å². The molecule has 7 heteroatoms. The molecule has 0 radical (unpaired) electrons. The highest BCUT2D eigenvalue weighted by Crippen LogP contribution is 2.33. The molecule has 0 aliphatic heterocycles. The van der Waals surface area contributed by atoms with Crippen LogP contribution in [0.3, 0.4) is 0 Å². The summed E-state index contributed by atoms with van der Waals surface area (Å²) in [5, 5.41) is 4.04. The van der Waals surface area contributed by atoms with E-state index in [1.54, 1.807) is 29.9 Å². The van der Waals surface area contributed by atoms with Crippen molar-refractivity contribution < 1.29 is 13.2 Å². The molecule has 0 bridgehead atoms. The van der Waals surface area contributed by atoms with Gasteiger partial charge in [0.2, 0.25) is 0 Å². The lowest BCUT2D eigenvalue weighted by atomic mass is 10.1. The van der Waals surface area contributed by atoms with Crippen molar-refractivity contribution in [2.24, 2.45) is 7.05 Å². The van der Waals surface area contributed by atoms with Crippen molar-refractivity contribution in [2.75, 3.05) is 12.8 Å². The fourth-order valence-corrected chi connectivity index (χ4v) is 2.21. The smallest absolute Gasteiger partial charge is 0.399 e. The third-order valence-electron chi connectivity index (χ3n) is 3.09. The van der Waals surface area contributed by atoms with Gasteiger partial charge in [0.25, 0.3) is 0 Å². The number of nitrogen functional groups attached to an aromatic ring is 1. The molecule has 0 spiro atoms. The van der Waals surface area contributed by atoms with E-state index >= 15 is 0 Å². The Morgan fingerprint density at radius 3 is 2.57 bits per heavy atom. The number of alkyl halides is 3. The number of benzene rings is 1. The van der Waals surface area contributed by atoms with Gasteiger partial charge in [-0.25, -0.2) is 0 Å². The Hall–Kier alpha value is -2.02. The van der Waals surface area contributed by atoms with E-state index in [9.17, 15) is 13.2 Å². The minimum absolute atomic E-state index is 0.112. The second-order valence-corrected chi connectivity index (χ2v) is 5.11. The van der Waals surface area contributed by atoms with Gasteiger partial charge in [-0.3, -0.25) is 9.58 Å². The average Bonchev–Trinajstić information content (AvgIpc) is 2.75. The van der Waals surface area contributed by atoms with Crippen molar-refractivity contribution in [1.82, 2.24) is 14.7 Å². The van der Waals surface area contributed by atoms with Crippen LogP contribution in [0.25, 0.3) is 0 Å². The van der Waals surface area contributed by atoms with Gasteiger partial charge < -0.3 is 5.73 Å². The molecule has 2 rings (SSSR count). The molecule has 114 valence electrons. The Kier molecular flexibility index (Phi) is 4.22.